The summed E-state index contributed by atoms with van der Waals surface area (Å²) in [6.07, 6.45) is 3.60. The summed E-state index contributed by atoms with van der Waals surface area (Å²) in [5, 5.41) is 1.56. The van der Waals surface area contributed by atoms with Crippen molar-refractivity contribution in [3.8, 4) is 5.75 Å². The minimum absolute atomic E-state index is 0.152. The molecule has 9 heteroatoms. The summed E-state index contributed by atoms with van der Waals surface area (Å²) in [6.45, 7) is 5.81. The molecule has 2 saturated heterocycles. The second kappa shape index (κ2) is 11.7. The zero-order valence-electron chi connectivity index (χ0n) is 20.7. The van der Waals surface area contributed by atoms with E-state index in [1.165, 1.54) is 31.0 Å². The molecule has 0 bridgehead atoms. The van der Waals surface area contributed by atoms with Crippen LogP contribution in [-0.4, -0.2) is 77.8 Å². The van der Waals surface area contributed by atoms with Crippen molar-refractivity contribution in [1.82, 2.24) is 19.8 Å². The van der Waals surface area contributed by atoms with Crippen molar-refractivity contribution in [1.29, 1.82) is 0 Å². The van der Waals surface area contributed by atoms with Gasteiger partial charge in [0.15, 0.2) is 5.82 Å². The number of carbonyl (C=O) groups excluding carboxylic acids is 1. The van der Waals surface area contributed by atoms with Gasteiger partial charge < -0.3 is 14.5 Å². The van der Waals surface area contributed by atoms with E-state index in [0.717, 1.165) is 65.9 Å². The van der Waals surface area contributed by atoms with Crippen molar-refractivity contribution in [3.05, 3.63) is 53.1 Å². The molecule has 2 aliphatic heterocycles. The number of piperazine rings is 1. The number of carbonyl (C=O) groups is 1. The van der Waals surface area contributed by atoms with Gasteiger partial charge in [-0.15, -0.1) is 0 Å². The van der Waals surface area contributed by atoms with E-state index < -0.39 is 0 Å². The molecule has 3 heterocycles. The lowest BCUT2D eigenvalue weighted by Crippen LogP contribution is -2.48. The number of hydrogen-bond donors (Lipinski definition) is 0. The molecule has 2 fully saturated rings. The topological polar surface area (TPSA) is 61.8 Å². The van der Waals surface area contributed by atoms with E-state index in [2.05, 4.69) is 9.80 Å². The number of para-hydroxylation sites is 2. The van der Waals surface area contributed by atoms with Gasteiger partial charge >= 0.3 is 0 Å². The number of rotatable bonds is 7. The summed E-state index contributed by atoms with van der Waals surface area (Å²) in [7, 11) is 1.68. The second-order valence-corrected chi connectivity index (χ2v) is 10.7. The molecule has 36 heavy (non-hydrogen) atoms. The van der Waals surface area contributed by atoms with E-state index in [1.807, 2.05) is 47.4 Å². The van der Waals surface area contributed by atoms with Gasteiger partial charge in [0, 0.05) is 56.4 Å². The van der Waals surface area contributed by atoms with Gasteiger partial charge in [0.05, 0.1) is 23.9 Å². The molecule has 3 aromatic rings. The van der Waals surface area contributed by atoms with Crippen LogP contribution < -0.4 is 9.64 Å². The van der Waals surface area contributed by atoms with Crippen molar-refractivity contribution in [3.63, 3.8) is 0 Å². The Labute approximate surface area is 221 Å². The first-order valence-electron chi connectivity index (χ1n) is 12.6. The minimum Gasteiger partial charge on any atom is -0.496 e. The fourth-order valence-corrected chi connectivity index (χ4v) is 5.98. The van der Waals surface area contributed by atoms with Crippen LogP contribution in [0, 0.1) is 0 Å². The van der Waals surface area contributed by atoms with Gasteiger partial charge in [0.1, 0.15) is 10.8 Å². The van der Waals surface area contributed by atoms with Crippen molar-refractivity contribution in [2.45, 2.75) is 30.8 Å². The average Bonchev–Trinajstić information content (AvgIpc) is 2.92. The summed E-state index contributed by atoms with van der Waals surface area (Å²) < 4.78 is 5.49. The Morgan fingerprint density at radius 2 is 1.69 bits per heavy atom. The Bertz CT molecular complexity index is 1210. The Hall–Kier alpha value is -2.55. The molecule has 1 amide bonds. The van der Waals surface area contributed by atoms with E-state index in [1.54, 1.807) is 7.11 Å². The summed E-state index contributed by atoms with van der Waals surface area (Å²) in [6, 6.07) is 13.7. The Kier molecular flexibility index (Phi) is 8.14. The number of fused-ring (bicyclic) bond motifs is 1. The number of anilines is 1. The molecular weight excluding hydrogens is 494 g/mol. The van der Waals surface area contributed by atoms with E-state index in [4.69, 9.17) is 26.3 Å². The molecule has 5 rings (SSSR count). The number of methoxy groups -OCH3 is 1. The Morgan fingerprint density at radius 1 is 0.972 bits per heavy atom. The Morgan fingerprint density at radius 3 is 2.42 bits per heavy atom. The molecule has 2 aliphatic rings. The second-order valence-electron chi connectivity index (χ2n) is 9.29. The van der Waals surface area contributed by atoms with E-state index in [-0.39, 0.29) is 5.91 Å². The third-order valence-electron chi connectivity index (χ3n) is 6.87. The van der Waals surface area contributed by atoms with Crippen molar-refractivity contribution in [2.75, 3.05) is 57.0 Å². The van der Waals surface area contributed by atoms with Crippen LogP contribution in [0.25, 0.3) is 11.0 Å². The van der Waals surface area contributed by atoms with Crippen molar-refractivity contribution in [2.24, 2.45) is 0 Å². The molecule has 2 aromatic carbocycles. The number of aromatic nitrogens is 2. The lowest BCUT2D eigenvalue weighted by molar-refractivity contribution is -0.130. The van der Waals surface area contributed by atoms with Crippen LogP contribution >= 0.6 is 23.4 Å². The number of benzene rings is 2. The largest absolute Gasteiger partial charge is 0.496 e. The molecule has 0 atom stereocenters. The standard InChI is InChI=1S/C27H32ClN5O2S/c1-35-24-10-9-21(28)17-20(24)18-31-13-15-32(16-14-31)25(34)19-36-27-26(33-11-5-2-6-12-33)29-22-7-3-4-8-23(22)30-27/h3-4,7-10,17H,2,5-6,11-16,18-19H2,1H3. The van der Waals surface area contributed by atoms with Gasteiger partial charge in [-0.3, -0.25) is 9.69 Å². The zero-order valence-corrected chi connectivity index (χ0v) is 22.2. The molecule has 0 radical (unpaired) electrons. The lowest BCUT2D eigenvalue weighted by Gasteiger charge is -2.35. The number of thioether (sulfide) groups is 1. The first kappa shape index (κ1) is 25.1. The predicted molar refractivity (Wildman–Crippen MR) is 146 cm³/mol. The average molecular weight is 526 g/mol. The quantitative estimate of drug-likeness (QED) is 0.414. The smallest absolute Gasteiger partial charge is 0.233 e. The molecular formula is C27H32ClN5O2S. The maximum atomic E-state index is 13.1. The van der Waals surface area contributed by atoms with Gasteiger partial charge in [-0.1, -0.05) is 35.5 Å². The summed E-state index contributed by atoms with van der Waals surface area (Å²) in [5.74, 6) is 2.29. The number of halogens is 1. The highest BCUT2D eigenvalue weighted by Gasteiger charge is 2.24. The third-order valence-corrected chi connectivity index (χ3v) is 8.04. The number of amides is 1. The van der Waals surface area contributed by atoms with Crippen LogP contribution in [0.15, 0.2) is 47.5 Å². The number of hydrogen-bond acceptors (Lipinski definition) is 7. The highest BCUT2D eigenvalue weighted by Crippen LogP contribution is 2.31. The molecule has 0 aliphatic carbocycles. The van der Waals surface area contributed by atoms with Crippen LogP contribution in [0.2, 0.25) is 5.02 Å². The number of piperidine rings is 1. The molecule has 7 nitrogen and oxygen atoms in total. The van der Waals surface area contributed by atoms with Gasteiger partial charge in [0.2, 0.25) is 5.91 Å². The van der Waals surface area contributed by atoms with Crippen LogP contribution in [-0.2, 0) is 11.3 Å². The molecule has 1 aromatic heterocycles. The highest BCUT2D eigenvalue weighted by atomic mass is 35.5. The maximum Gasteiger partial charge on any atom is 0.233 e. The summed E-state index contributed by atoms with van der Waals surface area (Å²) in [5.41, 5.74) is 2.85. The van der Waals surface area contributed by atoms with Gasteiger partial charge in [-0.2, -0.15) is 0 Å². The highest BCUT2D eigenvalue weighted by molar-refractivity contribution is 8.00. The van der Waals surface area contributed by atoms with Crippen LogP contribution in [0.1, 0.15) is 24.8 Å². The molecule has 0 saturated carbocycles. The zero-order chi connectivity index (χ0) is 24.9. The molecule has 0 N–H and O–H groups in total. The first-order chi connectivity index (χ1) is 17.6. The van der Waals surface area contributed by atoms with E-state index >= 15 is 0 Å². The predicted octanol–water partition coefficient (Wildman–Crippen LogP) is 4.72. The lowest BCUT2D eigenvalue weighted by atomic mass is 10.1. The third kappa shape index (κ3) is 5.88. The minimum atomic E-state index is 0.152. The summed E-state index contributed by atoms with van der Waals surface area (Å²) in [4.78, 5) is 29.6. The molecule has 190 valence electrons. The van der Waals surface area contributed by atoms with Gasteiger partial charge in [0.25, 0.3) is 0 Å². The molecule has 0 unspecified atom stereocenters. The number of ether oxygens (including phenoxy) is 1. The van der Waals surface area contributed by atoms with E-state index in [9.17, 15) is 4.79 Å². The Balaban J connectivity index is 1.21. The van der Waals surface area contributed by atoms with Gasteiger partial charge in [-0.25, -0.2) is 9.97 Å². The summed E-state index contributed by atoms with van der Waals surface area (Å²) >= 11 is 7.71. The fourth-order valence-electron chi connectivity index (χ4n) is 4.87. The normalized spacial score (nSPS) is 16.9. The van der Waals surface area contributed by atoms with Crippen molar-refractivity contribution >= 4 is 46.1 Å². The number of nitrogens with zero attached hydrogens (tertiary/aromatic N) is 5. The first-order valence-corrected chi connectivity index (χ1v) is 13.9. The van der Waals surface area contributed by atoms with Crippen LogP contribution in [0.4, 0.5) is 5.82 Å². The van der Waals surface area contributed by atoms with Gasteiger partial charge in [-0.05, 0) is 49.6 Å². The monoisotopic (exact) mass is 525 g/mol. The molecule has 0 spiro atoms. The van der Waals surface area contributed by atoms with Crippen LogP contribution in [0.5, 0.6) is 5.75 Å². The van der Waals surface area contributed by atoms with Crippen LogP contribution in [0.3, 0.4) is 0 Å². The van der Waals surface area contributed by atoms with Crippen molar-refractivity contribution < 1.29 is 9.53 Å². The maximum absolute atomic E-state index is 13.1. The SMILES string of the molecule is COc1ccc(Cl)cc1CN1CCN(C(=O)CSc2nc3ccccc3nc2N2CCCCC2)CC1. The fraction of sp³-hybridized carbons (Fsp3) is 0.444. The van der Waals surface area contributed by atoms with E-state index in [0.29, 0.717) is 23.9 Å².